The highest BCUT2D eigenvalue weighted by Crippen LogP contribution is 2.32. The summed E-state index contributed by atoms with van der Waals surface area (Å²) in [6.07, 6.45) is 6.80. The monoisotopic (exact) mass is 525 g/mol. The van der Waals surface area contributed by atoms with Crippen molar-refractivity contribution in [3.63, 3.8) is 0 Å². The molecule has 5 aromatic rings. The zero-order valence-corrected chi connectivity index (χ0v) is 21.7. The number of anilines is 2. The maximum Gasteiger partial charge on any atom is 0.306 e. The number of nitrogens with zero attached hydrogens (tertiary/aromatic N) is 6. The van der Waals surface area contributed by atoms with Gasteiger partial charge in [0, 0.05) is 62.4 Å². The van der Waals surface area contributed by atoms with E-state index in [1.807, 2.05) is 58.6 Å². The van der Waals surface area contributed by atoms with Crippen LogP contribution in [0.1, 0.15) is 23.2 Å². The number of rotatable bonds is 6. The SMILES string of the molecule is CN(C)c1ccc(C(=O)N2CCCC(Nc3nccc(-c4c(-c5ccc(F)cc5)nc5occn45)n3)C2)cc1. The van der Waals surface area contributed by atoms with E-state index in [-0.39, 0.29) is 17.8 Å². The molecular formula is C29H28FN7O2. The van der Waals surface area contributed by atoms with E-state index in [1.165, 1.54) is 12.1 Å². The highest BCUT2D eigenvalue weighted by molar-refractivity contribution is 5.94. The van der Waals surface area contributed by atoms with Crippen LogP contribution < -0.4 is 10.2 Å². The number of carbonyl (C=O) groups excluding carboxylic acids is 1. The molecule has 1 N–H and O–H groups in total. The summed E-state index contributed by atoms with van der Waals surface area (Å²) in [5.41, 5.74) is 4.47. The van der Waals surface area contributed by atoms with Crippen molar-refractivity contribution >= 4 is 23.4 Å². The summed E-state index contributed by atoms with van der Waals surface area (Å²) >= 11 is 0. The molecule has 10 heteroatoms. The first-order valence-corrected chi connectivity index (χ1v) is 12.8. The molecule has 0 aliphatic carbocycles. The van der Waals surface area contributed by atoms with Gasteiger partial charge in [0.15, 0.2) is 0 Å². The second kappa shape index (κ2) is 10.2. The topological polar surface area (TPSA) is 91.8 Å². The Morgan fingerprint density at radius 1 is 1.08 bits per heavy atom. The van der Waals surface area contributed by atoms with E-state index in [9.17, 15) is 9.18 Å². The number of fused-ring (bicyclic) bond motifs is 1. The fourth-order valence-corrected chi connectivity index (χ4v) is 4.95. The molecule has 1 aliphatic heterocycles. The molecule has 1 aliphatic rings. The Morgan fingerprint density at radius 2 is 1.87 bits per heavy atom. The van der Waals surface area contributed by atoms with Gasteiger partial charge in [-0.2, -0.15) is 4.98 Å². The highest BCUT2D eigenvalue weighted by Gasteiger charge is 2.26. The summed E-state index contributed by atoms with van der Waals surface area (Å²) in [5, 5.41) is 3.43. The highest BCUT2D eigenvalue weighted by atomic mass is 19.1. The number of amides is 1. The van der Waals surface area contributed by atoms with Gasteiger partial charge in [0.05, 0.1) is 5.69 Å². The second-order valence-electron chi connectivity index (χ2n) is 9.81. The van der Waals surface area contributed by atoms with Gasteiger partial charge in [-0.25, -0.2) is 14.4 Å². The third-order valence-electron chi connectivity index (χ3n) is 6.95. The number of oxazole rings is 1. The minimum Gasteiger partial charge on any atom is -0.432 e. The van der Waals surface area contributed by atoms with Crippen LogP contribution in [0.5, 0.6) is 0 Å². The number of benzene rings is 2. The van der Waals surface area contributed by atoms with Gasteiger partial charge in [0.1, 0.15) is 23.5 Å². The molecule has 9 nitrogen and oxygen atoms in total. The van der Waals surface area contributed by atoms with Crippen LogP contribution in [-0.2, 0) is 0 Å². The van der Waals surface area contributed by atoms with Crippen molar-refractivity contribution in [1.82, 2.24) is 24.3 Å². The molecule has 1 atom stereocenters. The summed E-state index contributed by atoms with van der Waals surface area (Å²) < 4.78 is 20.9. The van der Waals surface area contributed by atoms with Crippen LogP contribution in [0, 0.1) is 5.82 Å². The number of halogens is 1. The number of aromatic nitrogens is 4. The number of carbonyl (C=O) groups is 1. The van der Waals surface area contributed by atoms with E-state index in [1.54, 1.807) is 30.8 Å². The summed E-state index contributed by atoms with van der Waals surface area (Å²) in [4.78, 5) is 30.9. The zero-order chi connectivity index (χ0) is 26.9. The standard InChI is InChI=1S/C29H28FN7O2/c1-35(2)23-11-7-20(8-12-23)27(38)36-15-3-4-22(18-36)32-28-31-14-13-24(33-28)26-25(19-5-9-21(30)10-6-19)34-29-37(26)16-17-39-29/h5-14,16-17,22H,3-4,15,18H2,1-2H3,(H,31,32,33). The van der Waals surface area contributed by atoms with Crippen molar-refractivity contribution in [3.8, 4) is 22.6 Å². The van der Waals surface area contributed by atoms with Gasteiger partial charge in [-0.05, 0) is 67.4 Å². The van der Waals surface area contributed by atoms with Gasteiger partial charge in [-0.1, -0.05) is 0 Å². The molecule has 0 saturated carbocycles. The number of hydrogen-bond acceptors (Lipinski definition) is 7. The quantitative estimate of drug-likeness (QED) is 0.335. The van der Waals surface area contributed by atoms with E-state index in [0.717, 1.165) is 29.8 Å². The number of nitrogens with one attached hydrogen (secondary N) is 1. The van der Waals surface area contributed by atoms with E-state index in [0.29, 0.717) is 41.8 Å². The van der Waals surface area contributed by atoms with Gasteiger partial charge in [-0.3, -0.25) is 9.20 Å². The predicted octanol–water partition coefficient (Wildman–Crippen LogP) is 4.97. The molecule has 0 bridgehead atoms. The van der Waals surface area contributed by atoms with E-state index >= 15 is 0 Å². The van der Waals surface area contributed by atoms with Crippen molar-refractivity contribution in [2.45, 2.75) is 18.9 Å². The number of likely N-dealkylation sites (tertiary alicyclic amines) is 1. The minimum atomic E-state index is -0.317. The molecule has 0 spiro atoms. The molecule has 0 radical (unpaired) electrons. The number of hydrogen-bond donors (Lipinski definition) is 1. The molecule has 3 aromatic heterocycles. The van der Waals surface area contributed by atoms with E-state index in [2.05, 4.69) is 15.3 Å². The second-order valence-corrected chi connectivity index (χ2v) is 9.81. The molecule has 198 valence electrons. The Labute approximate surface area is 224 Å². The third-order valence-corrected chi connectivity index (χ3v) is 6.95. The summed E-state index contributed by atoms with van der Waals surface area (Å²) in [7, 11) is 3.95. The lowest BCUT2D eigenvalue weighted by atomic mass is 10.0. The number of piperidine rings is 1. The summed E-state index contributed by atoms with van der Waals surface area (Å²) in [6, 6.07) is 15.7. The Hall–Kier alpha value is -4.73. The van der Waals surface area contributed by atoms with Crippen LogP contribution in [0.3, 0.4) is 0 Å². The van der Waals surface area contributed by atoms with Gasteiger partial charge < -0.3 is 19.5 Å². The summed E-state index contributed by atoms with van der Waals surface area (Å²) in [6.45, 7) is 1.27. The predicted molar refractivity (Wildman–Crippen MR) is 147 cm³/mol. The minimum absolute atomic E-state index is 0.00921. The van der Waals surface area contributed by atoms with Gasteiger partial charge in [0.2, 0.25) is 5.95 Å². The molecular weight excluding hydrogens is 497 g/mol. The van der Waals surface area contributed by atoms with Crippen LogP contribution in [0.25, 0.3) is 28.5 Å². The smallest absolute Gasteiger partial charge is 0.306 e. The van der Waals surface area contributed by atoms with Crippen molar-refractivity contribution in [2.24, 2.45) is 0 Å². The van der Waals surface area contributed by atoms with Gasteiger partial charge in [0.25, 0.3) is 5.91 Å². The normalized spacial score (nSPS) is 15.5. The van der Waals surface area contributed by atoms with Crippen LogP contribution in [-0.4, -0.2) is 63.4 Å². The maximum atomic E-state index is 13.6. The first kappa shape index (κ1) is 24.6. The first-order valence-electron chi connectivity index (χ1n) is 12.8. The molecule has 1 unspecified atom stereocenters. The Kier molecular flexibility index (Phi) is 6.44. The van der Waals surface area contributed by atoms with Crippen LogP contribution in [0.4, 0.5) is 16.0 Å². The molecule has 1 fully saturated rings. The maximum absolute atomic E-state index is 13.6. The molecule has 6 rings (SSSR count). The Morgan fingerprint density at radius 3 is 2.64 bits per heavy atom. The van der Waals surface area contributed by atoms with E-state index < -0.39 is 0 Å². The fourth-order valence-electron chi connectivity index (χ4n) is 4.95. The molecule has 39 heavy (non-hydrogen) atoms. The lowest BCUT2D eigenvalue weighted by Gasteiger charge is -2.33. The third kappa shape index (κ3) is 4.93. The fraction of sp³-hybridized carbons (Fsp3) is 0.241. The van der Waals surface area contributed by atoms with Crippen molar-refractivity contribution in [1.29, 1.82) is 0 Å². The average Bonchev–Trinajstić information content (AvgIpc) is 3.55. The first-order chi connectivity index (χ1) is 19.0. The Bertz CT molecular complexity index is 1610. The van der Waals surface area contributed by atoms with Crippen molar-refractivity contribution < 1.29 is 13.6 Å². The number of imidazole rings is 1. The van der Waals surface area contributed by atoms with Crippen LogP contribution in [0.15, 0.2) is 77.7 Å². The molecule has 2 aromatic carbocycles. The molecule has 4 heterocycles. The largest absolute Gasteiger partial charge is 0.432 e. The van der Waals surface area contributed by atoms with Crippen molar-refractivity contribution in [2.75, 3.05) is 37.4 Å². The Balaban J connectivity index is 1.23. The van der Waals surface area contributed by atoms with Crippen molar-refractivity contribution in [3.05, 3.63) is 84.6 Å². The molecule has 1 amide bonds. The molecule has 1 saturated heterocycles. The lowest BCUT2D eigenvalue weighted by molar-refractivity contribution is 0.0714. The summed E-state index contributed by atoms with van der Waals surface area (Å²) in [5.74, 6) is 0.581. The van der Waals surface area contributed by atoms with Crippen LogP contribution >= 0.6 is 0 Å². The van der Waals surface area contributed by atoms with Gasteiger partial charge in [-0.15, -0.1) is 0 Å². The van der Waals surface area contributed by atoms with Gasteiger partial charge >= 0.3 is 5.84 Å². The average molecular weight is 526 g/mol. The van der Waals surface area contributed by atoms with E-state index in [4.69, 9.17) is 9.40 Å². The van der Waals surface area contributed by atoms with Crippen LogP contribution in [0.2, 0.25) is 0 Å². The lowest BCUT2D eigenvalue weighted by Crippen LogP contribution is -2.45. The zero-order valence-electron chi connectivity index (χ0n) is 21.7.